The van der Waals surface area contributed by atoms with Crippen LogP contribution in [0.25, 0.3) is 22.3 Å². The van der Waals surface area contributed by atoms with Gasteiger partial charge in [0.25, 0.3) is 0 Å². The van der Waals surface area contributed by atoms with Crippen molar-refractivity contribution in [2.24, 2.45) is 0 Å². The maximum absolute atomic E-state index is 6.03. The van der Waals surface area contributed by atoms with E-state index in [1.807, 2.05) is 42.6 Å². The van der Waals surface area contributed by atoms with Gasteiger partial charge in [0.05, 0.1) is 5.02 Å². The van der Waals surface area contributed by atoms with E-state index < -0.39 is 0 Å². The van der Waals surface area contributed by atoms with Crippen LogP contribution in [-0.2, 0) is 0 Å². The maximum Gasteiger partial charge on any atom is 0.0595 e. The quantitative estimate of drug-likeness (QED) is 0.630. The fourth-order valence-electron chi connectivity index (χ4n) is 2.16. The monoisotopic (exact) mass is 265 g/mol. The van der Waals surface area contributed by atoms with Crippen molar-refractivity contribution in [3.05, 3.63) is 78.1 Å². The number of halogens is 1. The van der Waals surface area contributed by atoms with Gasteiger partial charge in [0.15, 0.2) is 0 Å². The molecule has 1 aromatic heterocycles. The van der Waals surface area contributed by atoms with Crippen molar-refractivity contribution in [3.8, 4) is 22.3 Å². The summed E-state index contributed by atoms with van der Waals surface area (Å²) < 4.78 is 0. The summed E-state index contributed by atoms with van der Waals surface area (Å²) in [6.45, 7) is 0. The molecule has 0 saturated heterocycles. The molecule has 0 N–H and O–H groups in total. The molecule has 1 heterocycles. The average Bonchev–Trinajstić information content (AvgIpc) is 2.48. The van der Waals surface area contributed by atoms with Crippen LogP contribution >= 0.6 is 11.6 Å². The third-order valence-electron chi connectivity index (χ3n) is 3.03. The van der Waals surface area contributed by atoms with Gasteiger partial charge < -0.3 is 0 Å². The van der Waals surface area contributed by atoms with Gasteiger partial charge in [-0.05, 0) is 22.8 Å². The van der Waals surface area contributed by atoms with Gasteiger partial charge in [0, 0.05) is 18.0 Å². The molecule has 0 amide bonds. The molecule has 0 aliphatic carbocycles. The molecule has 92 valence electrons. The molecular formula is C17H12ClN. The van der Waals surface area contributed by atoms with E-state index in [9.17, 15) is 0 Å². The highest BCUT2D eigenvalue weighted by molar-refractivity contribution is 6.30. The molecule has 0 unspecified atom stereocenters. The molecule has 0 aliphatic rings. The molecule has 0 aliphatic heterocycles. The van der Waals surface area contributed by atoms with Crippen LogP contribution in [0.15, 0.2) is 73.1 Å². The Bertz CT molecular complexity index is 692. The second-order valence-corrected chi connectivity index (χ2v) is 4.74. The topological polar surface area (TPSA) is 12.9 Å². The van der Waals surface area contributed by atoms with Gasteiger partial charge in [-0.15, -0.1) is 0 Å². The minimum absolute atomic E-state index is 0.653. The van der Waals surface area contributed by atoms with E-state index in [1.54, 1.807) is 6.20 Å². The average molecular weight is 266 g/mol. The molecule has 0 radical (unpaired) electrons. The minimum Gasteiger partial charge on any atom is -0.263 e. The molecule has 0 fully saturated rings. The van der Waals surface area contributed by atoms with Gasteiger partial charge >= 0.3 is 0 Å². The Labute approximate surface area is 117 Å². The fraction of sp³-hybridized carbons (Fsp3) is 0. The van der Waals surface area contributed by atoms with Gasteiger partial charge in [-0.25, -0.2) is 0 Å². The lowest BCUT2D eigenvalue weighted by Gasteiger charge is -2.09. The zero-order chi connectivity index (χ0) is 13.1. The van der Waals surface area contributed by atoms with E-state index in [0.29, 0.717) is 5.02 Å². The Hall–Kier alpha value is -2.12. The lowest BCUT2D eigenvalue weighted by Crippen LogP contribution is -1.85. The van der Waals surface area contributed by atoms with E-state index in [-0.39, 0.29) is 0 Å². The highest BCUT2D eigenvalue weighted by atomic mass is 35.5. The van der Waals surface area contributed by atoms with Gasteiger partial charge in [-0.1, -0.05) is 66.2 Å². The molecule has 19 heavy (non-hydrogen) atoms. The number of hydrogen-bond donors (Lipinski definition) is 0. The van der Waals surface area contributed by atoms with Gasteiger partial charge in [-0.2, -0.15) is 0 Å². The van der Waals surface area contributed by atoms with Gasteiger partial charge in [-0.3, -0.25) is 4.98 Å². The first-order chi connectivity index (χ1) is 9.34. The molecule has 0 atom stereocenters. The summed E-state index contributed by atoms with van der Waals surface area (Å²) >= 11 is 6.03. The third kappa shape index (κ3) is 2.51. The Balaban J connectivity index is 2.18. The molecule has 3 rings (SSSR count). The lowest BCUT2D eigenvalue weighted by atomic mass is 9.96. The molecule has 1 nitrogen and oxygen atoms in total. The molecule has 0 spiro atoms. The smallest absolute Gasteiger partial charge is 0.0595 e. The van der Waals surface area contributed by atoms with Gasteiger partial charge in [0.1, 0.15) is 0 Å². The zero-order valence-electron chi connectivity index (χ0n) is 10.3. The van der Waals surface area contributed by atoms with E-state index in [4.69, 9.17) is 11.6 Å². The molecule has 3 aromatic rings. The Kier molecular flexibility index (Phi) is 3.30. The summed E-state index contributed by atoms with van der Waals surface area (Å²) in [7, 11) is 0. The minimum atomic E-state index is 0.653. The summed E-state index contributed by atoms with van der Waals surface area (Å²) in [5.41, 5.74) is 4.56. The number of nitrogens with zero attached hydrogens (tertiary/aromatic N) is 1. The first-order valence-corrected chi connectivity index (χ1v) is 6.48. The van der Waals surface area contributed by atoms with Crippen LogP contribution in [0.5, 0.6) is 0 Å². The second kappa shape index (κ2) is 5.25. The van der Waals surface area contributed by atoms with Crippen molar-refractivity contribution >= 4 is 11.6 Å². The van der Waals surface area contributed by atoms with Crippen molar-refractivity contribution in [3.63, 3.8) is 0 Å². The van der Waals surface area contributed by atoms with E-state index in [2.05, 4.69) is 29.2 Å². The van der Waals surface area contributed by atoms with E-state index >= 15 is 0 Å². The van der Waals surface area contributed by atoms with Crippen molar-refractivity contribution in [2.75, 3.05) is 0 Å². The van der Waals surface area contributed by atoms with Crippen LogP contribution in [0.3, 0.4) is 0 Å². The van der Waals surface area contributed by atoms with Crippen LogP contribution in [0.4, 0.5) is 0 Å². The van der Waals surface area contributed by atoms with Crippen molar-refractivity contribution < 1.29 is 0 Å². The summed E-state index contributed by atoms with van der Waals surface area (Å²) in [6.07, 6.45) is 3.49. The largest absolute Gasteiger partial charge is 0.263 e. The van der Waals surface area contributed by atoms with Crippen molar-refractivity contribution in [2.45, 2.75) is 0 Å². The third-order valence-corrected chi connectivity index (χ3v) is 3.23. The first kappa shape index (κ1) is 11.9. The summed E-state index contributed by atoms with van der Waals surface area (Å²) in [5, 5.41) is 0.653. The highest BCUT2D eigenvalue weighted by Crippen LogP contribution is 2.32. The predicted octanol–water partition coefficient (Wildman–Crippen LogP) is 5.07. The fourth-order valence-corrected chi connectivity index (χ4v) is 2.34. The van der Waals surface area contributed by atoms with Crippen LogP contribution in [0, 0.1) is 0 Å². The second-order valence-electron chi connectivity index (χ2n) is 4.30. The van der Waals surface area contributed by atoms with Crippen LogP contribution in [0.1, 0.15) is 0 Å². The van der Waals surface area contributed by atoms with E-state index in [1.165, 1.54) is 11.1 Å². The lowest BCUT2D eigenvalue weighted by molar-refractivity contribution is 1.33. The Morgan fingerprint density at radius 2 is 1.32 bits per heavy atom. The van der Waals surface area contributed by atoms with Gasteiger partial charge in [0.2, 0.25) is 0 Å². The van der Waals surface area contributed by atoms with Crippen molar-refractivity contribution in [1.29, 1.82) is 0 Å². The standard InChI is InChI=1S/C17H12ClN/c18-15-10-14(11-19-12-15)17-9-5-4-8-16(17)13-6-2-1-3-7-13/h1-12H. The zero-order valence-corrected chi connectivity index (χ0v) is 11.0. The number of pyridine rings is 1. The van der Waals surface area contributed by atoms with Crippen LogP contribution in [0.2, 0.25) is 5.02 Å². The maximum atomic E-state index is 6.03. The van der Waals surface area contributed by atoms with E-state index in [0.717, 1.165) is 11.1 Å². The van der Waals surface area contributed by atoms with Crippen molar-refractivity contribution in [1.82, 2.24) is 4.98 Å². The number of hydrogen-bond acceptors (Lipinski definition) is 1. The highest BCUT2D eigenvalue weighted by Gasteiger charge is 2.07. The van der Waals surface area contributed by atoms with Crippen LogP contribution < -0.4 is 0 Å². The van der Waals surface area contributed by atoms with Crippen LogP contribution in [-0.4, -0.2) is 4.98 Å². The molecule has 0 bridgehead atoms. The predicted molar refractivity (Wildman–Crippen MR) is 80.1 cm³/mol. The Morgan fingerprint density at radius 3 is 2.00 bits per heavy atom. The number of rotatable bonds is 2. The summed E-state index contributed by atoms with van der Waals surface area (Å²) in [5.74, 6) is 0. The molecule has 2 heteroatoms. The normalized spacial score (nSPS) is 10.4. The summed E-state index contributed by atoms with van der Waals surface area (Å²) in [4.78, 5) is 4.16. The molecule has 0 saturated carbocycles. The summed E-state index contributed by atoms with van der Waals surface area (Å²) in [6, 6.07) is 20.6. The first-order valence-electron chi connectivity index (χ1n) is 6.10. The molecular weight excluding hydrogens is 254 g/mol. The number of benzene rings is 2. The SMILES string of the molecule is Clc1cncc(-c2ccccc2-c2ccccc2)c1. The molecule has 2 aromatic carbocycles. The number of aromatic nitrogens is 1. The Morgan fingerprint density at radius 1 is 0.684 bits per heavy atom.